The topological polar surface area (TPSA) is 206 Å². The molecule has 4 amide bonds. The van der Waals surface area contributed by atoms with Crippen LogP contribution in [-0.2, 0) is 30.4 Å². The Morgan fingerprint density at radius 3 is 2.05 bits per heavy atom. The Kier molecular flexibility index (Phi) is 14.5. The van der Waals surface area contributed by atoms with Crippen LogP contribution in [0.3, 0.4) is 0 Å². The van der Waals surface area contributed by atoms with Gasteiger partial charge < -0.3 is 37.8 Å². The summed E-state index contributed by atoms with van der Waals surface area (Å²) in [5.74, 6) is -3.50. The highest BCUT2D eigenvalue weighted by Crippen LogP contribution is 2.08. The molecular formula is C25H40N6O6. The number of carboxylic acids is 1. The lowest BCUT2D eigenvalue weighted by atomic mass is 10.0. The Balaban J connectivity index is 2.83. The fourth-order valence-electron chi connectivity index (χ4n) is 3.57. The van der Waals surface area contributed by atoms with Crippen LogP contribution in [-0.4, -0.2) is 72.5 Å². The van der Waals surface area contributed by atoms with Crippen LogP contribution in [0.5, 0.6) is 0 Å². The molecule has 1 aromatic rings. The monoisotopic (exact) mass is 520 g/mol. The van der Waals surface area contributed by atoms with Crippen LogP contribution in [0, 0.1) is 5.92 Å². The minimum Gasteiger partial charge on any atom is -0.480 e. The summed E-state index contributed by atoms with van der Waals surface area (Å²) in [6.45, 7) is 3.40. The zero-order valence-corrected chi connectivity index (χ0v) is 21.5. The maximum absolute atomic E-state index is 13.1. The van der Waals surface area contributed by atoms with Gasteiger partial charge in [-0.1, -0.05) is 44.2 Å². The minimum absolute atomic E-state index is 0.0232. The highest BCUT2D eigenvalue weighted by Gasteiger charge is 2.28. The molecule has 9 N–H and O–H groups in total. The fraction of sp³-hybridized carbons (Fsp3) is 0.560. The zero-order valence-electron chi connectivity index (χ0n) is 21.5. The van der Waals surface area contributed by atoms with E-state index in [0.717, 1.165) is 5.56 Å². The SMILES string of the molecule is CC(C)CC(NC(=O)C(Cc1ccccc1)NC(=O)CN)C(=O)NCC(=O)NC(CCCCN)C(=O)O. The Bertz CT molecular complexity index is 895. The number of carboxylic acid groups (broad SMARTS) is 1. The van der Waals surface area contributed by atoms with Gasteiger partial charge in [0.05, 0.1) is 13.1 Å². The molecule has 0 aliphatic heterocycles. The van der Waals surface area contributed by atoms with Gasteiger partial charge in [0, 0.05) is 6.42 Å². The molecule has 206 valence electrons. The van der Waals surface area contributed by atoms with E-state index >= 15 is 0 Å². The number of nitrogens with one attached hydrogen (secondary N) is 4. The summed E-state index contributed by atoms with van der Waals surface area (Å²) in [7, 11) is 0. The van der Waals surface area contributed by atoms with E-state index in [2.05, 4.69) is 21.3 Å². The molecule has 0 aliphatic carbocycles. The van der Waals surface area contributed by atoms with Gasteiger partial charge in [0.25, 0.3) is 0 Å². The zero-order chi connectivity index (χ0) is 27.8. The van der Waals surface area contributed by atoms with Gasteiger partial charge >= 0.3 is 5.97 Å². The number of unbranched alkanes of at least 4 members (excludes halogenated alkanes) is 1. The van der Waals surface area contributed by atoms with Crippen molar-refractivity contribution in [1.29, 1.82) is 0 Å². The summed E-state index contributed by atoms with van der Waals surface area (Å²) >= 11 is 0. The predicted molar refractivity (Wildman–Crippen MR) is 138 cm³/mol. The molecule has 0 saturated heterocycles. The number of benzene rings is 1. The number of nitrogens with two attached hydrogens (primary N) is 2. The lowest BCUT2D eigenvalue weighted by Gasteiger charge is -2.24. The fourth-order valence-corrected chi connectivity index (χ4v) is 3.57. The largest absolute Gasteiger partial charge is 0.480 e. The third-order valence-electron chi connectivity index (χ3n) is 5.46. The van der Waals surface area contributed by atoms with Crippen LogP contribution >= 0.6 is 0 Å². The lowest BCUT2D eigenvalue weighted by Crippen LogP contribution is -2.56. The third-order valence-corrected chi connectivity index (χ3v) is 5.46. The second-order valence-corrected chi connectivity index (χ2v) is 9.17. The summed E-state index contributed by atoms with van der Waals surface area (Å²) in [6, 6.07) is 6.03. The molecule has 3 atom stereocenters. The van der Waals surface area contributed by atoms with E-state index < -0.39 is 54.3 Å². The quantitative estimate of drug-likeness (QED) is 0.127. The maximum atomic E-state index is 13.1. The van der Waals surface area contributed by atoms with Gasteiger partial charge in [-0.3, -0.25) is 19.2 Å². The van der Waals surface area contributed by atoms with E-state index in [-0.39, 0.29) is 31.7 Å². The third kappa shape index (κ3) is 12.8. The lowest BCUT2D eigenvalue weighted by molar-refractivity contribution is -0.142. The first kappa shape index (κ1) is 31.5. The van der Waals surface area contributed by atoms with Crippen molar-refractivity contribution in [3.8, 4) is 0 Å². The summed E-state index contributed by atoms with van der Waals surface area (Å²) in [4.78, 5) is 61.5. The summed E-state index contributed by atoms with van der Waals surface area (Å²) in [6.07, 6.45) is 1.85. The molecule has 0 fully saturated rings. The predicted octanol–water partition coefficient (Wildman–Crippen LogP) is -0.982. The molecule has 0 aromatic heterocycles. The standard InChI is InChI=1S/C25H40N6O6/c1-16(2)12-19(23(34)28-15-22(33)29-18(25(36)37)10-6-7-11-26)31-24(35)20(30-21(32)14-27)13-17-8-4-3-5-9-17/h3-5,8-9,16,18-20H,6-7,10-15,26-27H2,1-2H3,(H,28,34)(H,29,33)(H,30,32)(H,31,35)(H,36,37). The van der Waals surface area contributed by atoms with Gasteiger partial charge in [-0.25, -0.2) is 4.79 Å². The molecule has 1 aromatic carbocycles. The molecular weight excluding hydrogens is 480 g/mol. The number of rotatable bonds is 17. The second kappa shape index (κ2) is 17.0. The highest BCUT2D eigenvalue weighted by molar-refractivity contribution is 5.94. The van der Waals surface area contributed by atoms with E-state index in [0.29, 0.717) is 19.4 Å². The number of hydrogen-bond donors (Lipinski definition) is 7. The van der Waals surface area contributed by atoms with E-state index in [4.69, 9.17) is 11.5 Å². The van der Waals surface area contributed by atoms with E-state index in [1.165, 1.54) is 0 Å². The normalized spacial score (nSPS) is 13.2. The average Bonchev–Trinajstić information content (AvgIpc) is 2.86. The van der Waals surface area contributed by atoms with Crippen LogP contribution in [0.2, 0.25) is 0 Å². The van der Waals surface area contributed by atoms with Crippen LogP contribution in [0.25, 0.3) is 0 Å². The van der Waals surface area contributed by atoms with Crippen LogP contribution in [0.4, 0.5) is 0 Å². The molecule has 12 nitrogen and oxygen atoms in total. The van der Waals surface area contributed by atoms with Crippen molar-refractivity contribution in [3.05, 3.63) is 35.9 Å². The van der Waals surface area contributed by atoms with Crippen molar-refractivity contribution in [2.45, 2.75) is 64.1 Å². The molecule has 1 rings (SSSR count). The van der Waals surface area contributed by atoms with Crippen molar-refractivity contribution in [3.63, 3.8) is 0 Å². The Morgan fingerprint density at radius 2 is 1.49 bits per heavy atom. The Morgan fingerprint density at radius 1 is 0.838 bits per heavy atom. The number of carbonyl (C=O) groups is 5. The average molecular weight is 521 g/mol. The van der Waals surface area contributed by atoms with Gasteiger partial charge in [0.15, 0.2) is 0 Å². The van der Waals surface area contributed by atoms with Crippen LogP contribution < -0.4 is 32.7 Å². The summed E-state index contributed by atoms with van der Waals surface area (Å²) in [5, 5.41) is 19.4. The van der Waals surface area contributed by atoms with Crippen molar-refractivity contribution in [2.24, 2.45) is 17.4 Å². The second-order valence-electron chi connectivity index (χ2n) is 9.17. The molecule has 0 radical (unpaired) electrons. The molecule has 12 heteroatoms. The summed E-state index contributed by atoms with van der Waals surface area (Å²) in [5.41, 5.74) is 11.6. The van der Waals surface area contributed by atoms with Crippen molar-refractivity contribution < 1.29 is 29.1 Å². The van der Waals surface area contributed by atoms with Crippen LogP contribution in [0.15, 0.2) is 30.3 Å². The molecule has 0 heterocycles. The van der Waals surface area contributed by atoms with E-state index in [9.17, 15) is 29.1 Å². The van der Waals surface area contributed by atoms with E-state index in [1.54, 1.807) is 0 Å². The van der Waals surface area contributed by atoms with Gasteiger partial charge in [0.2, 0.25) is 23.6 Å². The van der Waals surface area contributed by atoms with Gasteiger partial charge in [-0.05, 0) is 43.7 Å². The smallest absolute Gasteiger partial charge is 0.326 e. The first-order valence-electron chi connectivity index (χ1n) is 12.4. The first-order chi connectivity index (χ1) is 17.6. The highest BCUT2D eigenvalue weighted by atomic mass is 16.4. The Labute approximate surface area is 217 Å². The minimum atomic E-state index is -1.18. The molecule has 3 unspecified atom stereocenters. The van der Waals surface area contributed by atoms with Crippen molar-refractivity contribution in [1.82, 2.24) is 21.3 Å². The van der Waals surface area contributed by atoms with Crippen molar-refractivity contribution >= 4 is 29.6 Å². The molecule has 0 saturated carbocycles. The van der Waals surface area contributed by atoms with Gasteiger partial charge in [-0.15, -0.1) is 0 Å². The van der Waals surface area contributed by atoms with Crippen LogP contribution in [0.1, 0.15) is 45.1 Å². The number of aliphatic carboxylic acids is 1. The molecule has 37 heavy (non-hydrogen) atoms. The number of amides is 4. The maximum Gasteiger partial charge on any atom is 0.326 e. The molecule has 0 bridgehead atoms. The Hall–Kier alpha value is -3.51. The van der Waals surface area contributed by atoms with Crippen molar-refractivity contribution in [2.75, 3.05) is 19.6 Å². The number of carbonyl (C=O) groups excluding carboxylic acids is 4. The van der Waals surface area contributed by atoms with E-state index in [1.807, 2.05) is 44.2 Å². The first-order valence-corrected chi connectivity index (χ1v) is 12.4. The summed E-state index contributed by atoms with van der Waals surface area (Å²) < 4.78 is 0. The molecule has 0 aliphatic rings. The number of hydrogen-bond acceptors (Lipinski definition) is 7. The van der Waals surface area contributed by atoms with Gasteiger partial charge in [0.1, 0.15) is 18.1 Å². The molecule has 0 spiro atoms. The van der Waals surface area contributed by atoms with Gasteiger partial charge in [-0.2, -0.15) is 0 Å².